The summed E-state index contributed by atoms with van der Waals surface area (Å²) in [5.41, 5.74) is 4.31. The van der Waals surface area contributed by atoms with Crippen molar-refractivity contribution in [2.75, 3.05) is 0 Å². The van der Waals surface area contributed by atoms with Gasteiger partial charge in [-0.2, -0.15) is 0 Å². The Labute approximate surface area is 164 Å². The first-order chi connectivity index (χ1) is 13.6. The maximum atomic E-state index is 5.57. The molecule has 0 unspecified atom stereocenters. The SMILES string of the molecule is CC1(C)c2ccc(cc2)OOOc2ccc1cc2-c1cccc2ccccc12. The van der Waals surface area contributed by atoms with E-state index in [2.05, 4.69) is 80.6 Å². The van der Waals surface area contributed by atoms with Gasteiger partial charge in [0.25, 0.3) is 0 Å². The minimum Gasteiger partial charge on any atom is -0.299 e. The molecule has 138 valence electrons. The lowest BCUT2D eigenvalue weighted by Crippen LogP contribution is -2.19. The summed E-state index contributed by atoms with van der Waals surface area (Å²) in [5.74, 6) is 1.21. The average Bonchev–Trinajstić information content (AvgIpc) is 2.73. The molecule has 0 radical (unpaired) electrons. The largest absolute Gasteiger partial charge is 0.299 e. The van der Waals surface area contributed by atoms with Crippen molar-refractivity contribution in [1.29, 1.82) is 0 Å². The second-order valence-corrected chi connectivity index (χ2v) is 7.62. The predicted molar refractivity (Wildman–Crippen MR) is 110 cm³/mol. The van der Waals surface area contributed by atoms with Crippen molar-refractivity contribution in [2.45, 2.75) is 19.3 Å². The highest BCUT2D eigenvalue weighted by atomic mass is 17.5. The third-order valence-corrected chi connectivity index (χ3v) is 5.61. The van der Waals surface area contributed by atoms with Gasteiger partial charge in [0, 0.05) is 16.0 Å². The Kier molecular flexibility index (Phi) is 3.85. The molecule has 4 heterocycles. The molecule has 4 aliphatic rings. The van der Waals surface area contributed by atoms with E-state index >= 15 is 0 Å². The van der Waals surface area contributed by atoms with Crippen molar-refractivity contribution >= 4 is 10.8 Å². The van der Waals surface area contributed by atoms with E-state index in [0.717, 1.165) is 11.1 Å². The Morgan fingerprint density at radius 3 is 2.25 bits per heavy atom. The standard InChI is InChI=1S/C25H20O3/c1-25(2)18-10-13-20(14-11-18)26-28-27-24-15-12-19(25)16-23(24)22-9-5-7-17-6-3-4-8-21(17)22/h3-16H,1-2H3. The Bertz CT molecular complexity index is 1150. The number of fused-ring (bicyclic) bond motifs is 1. The van der Waals surface area contributed by atoms with Gasteiger partial charge in [0.2, 0.25) is 0 Å². The van der Waals surface area contributed by atoms with Crippen LogP contribution in [0.4, 0.5) is 0 Å². The van der Waals surface area contributed by atoms with Crippen LogP contribution in [0, 0.1) is 0 Å². The molecule has 0 spiro atoms. The summed E-state index contributed by atoms with van der Waals surface area (Å²) in [6.45, 7) is 4.46. The van der Waals surface area contributed by atoms with E-state index in [1.807, 2.05) is 18.2 Å². The highest BCUT2D eigenvalue weighted by Crippen LogP contribution is 2.41. The van der Waals surface area contributed by atoms with Crippen molar-refractivity contribution in [3.05, 3.63) is 96.1 Å². The third-order valence-electron chi connectivity index (χ3n) is 5.61. The lowest BCUT2D eigenvalue weighted by Gasteiger charge is -2.28. The molecule has 0 aliphatic carbocycles. The number of rotatable bonds is 1. The zero-order valence-corrected chi connectivity index (χ0v) is 15.8. The fourth-order valence-electron chi connectivity index (χ4n) is 3.85. The highest BCUT2D eigenvalue weighted by Gasteiger charge is 2.26. The smallest absolute Gasteiger partial charge is 0.177 e. The van der Waals surface area contributed by atoms with Crippen LogP contribution in [0.25, 0.3) is 21.9 Å². The molecule has 28 heavy (non-hydrogen) atoms. The van der Waals surface area contributed by atoms with Gasteiger partial charge in [0.15, 0.2) is 11.5 Å². The van der Waals surface area contributed by atoms with Crippen LogP contribution < -0.4 is 9.78 Å². The van der Waals surface area contributed by atoms with Crippen LogP contribution in [0.5, 0.6) is 11.5 Å². The fraction of sp³-hybridized carbons (Fsp3) is 0.120. The van der Waals surface area contributed by atoms with Crippen LogP contribution in [0.2, 0.25) is 0 Å². The average molecular weight is 368 g/mol. The van der Waals surface area contributed by atoms with Gasteiger partial charge < -0.3 is 0 Å². The van der Waals surface area contributed by atoms with E-state index in [0.29, 0.717) is 11.5 Å². The molecule has 4 aromatic carbocycles. The number of hydrogen-bond acceptors (Lipinski definition) is 3. The van der Waals surface area contributed by atoms with E-state index in [9.17, 15) is 0 Å². The van der Waals surface area contributed by atoms with E-state index in [-0.39, 0.29) is 5.41 Å². The minimum atomic E-state index is -0.170. The topological polar surface area (TPSA) is 27.7 Å². The molecule has 0 atom stereocenters. The molecule has 8 rings (SSSR count). The molecule has 0 saturated carbocycles. The molecular formula is C25H20O3. The van der Waals surface area contributed by atoms with E-state index < -0.39 is 0 Å². The van der Waals surface area contributed by atoms with Gasteiger partial charge in [-0.25, -0.2) is 0 Å². The van der Waals surface area contributed by atoms with Crippen LogP contribution in [0.3, 0.4) is 0 Å². The summed E-state index contributed by atoms with van der Waals surface area (Å²) in [5, 5.41) is 7.44. The second kappa shape index (κ2) is 6.39. The van der Waals surface area contributed by atoms with Gasteiger partial charge in [-0.15, -0.1) is 0 Å². The maximum absolute atomic E-state index is 5.57. The Hall–Kier alpha value is -3.30. The van der Waals surface area contributed by atoms with Gasteiger partial charge in [0.05, 0.1) is 0 Å². The zero-order chi connectivity index (χ0) is 19.1. The molecule has 0 fully saturated rings. The van der Waals surface area contributed by atoms with Gasteiger partial charge >= 0.3 is 0 Å². The monoisotopic (exact) mass is 368 g/mol. The normalized spacial score (nSPS) is 14.8. The van der Waals surface area contributed by atoms with E-state index in [1.165, 1.54) is 21.9 Å². The van der Waals surface area contributed by atoms with Crippen LogP contribution in [-0.4, -0.2) is 0 Å². The highest BCUT2D eigenvalue weighted by molar-refractivity contribution is 5.98. The van der Waals surface area contributed by atoms with Crippen molar-refractivity contribution in [3.8, 4) is 22.6 Å². The fourth-order valence-corrected chi connectivity index (χ4v) is 3.85. The Balaban J connectivity index is 1.76. The van der Waals surface area contributed by atoms with Crippen molar-refractivity contribution in [2.24, 2.45) is 0 Å². The maximum Gasteiger partial charge on any atom is 0.177 e. The van der Waals surface area contributed by atoms with Crippen molar-refractivity contribution in [1.82, 2.24) is 0 Å². The number of benzene rings is 4. The molecule has 4 aromatic rings. The van der Waals surface area contributed by atoms with Crippen LogP contribution in [-0.2, 0) is 10.5 Å². The summed E-state index contributed by atoms with van der Waals surface area (Å²) in [4.78, 5) is 10.9. The predicted octanol–water partition coefficient (Wildman–Crippen LogP) is 6.45. The van der Waals surface area contributed by atoms with E-state index in [1.54, 1.807) is 0 Å². The van der Waals surface area contributed by atoms with Crippen LogP contribution >= 0.6 is 0 Å². The Morgan fingerprint density at radius 1 is 0.643 bits per heavy atom. The van der Waals surface area contributed by atoms with E-state index in [4.69, 9.17) is 14.8 Å². The van der Waals surface area contributed by atoms with Crippen molar-refractivity contribution in [3.63, 3.8) is 0 Å². The summed E-state index contributed by atoms with van der Waals surface area (Å²) >= 11 is 0. The quantitative estimate of drug-likeness (QED) is 0.361. The van der Waals surface area contributed by atoms with Gasteiger partial charge in [-0.05, 0) is 51.7 Å². The molecule has 0 amide bonds. The van der Waals surface area contributed by atoms with Gasteiger partial charge in [0.1, 0.15) is 0 Å². The lowest BCUT2D eigenvalue weighted by molar-refractivity contribution is -0.411. The lowest BCUT2D eigenvalue weighted by atomic mass is 9.77. The minimum absolute atomic E-state index is 0.170. The first-order valence-corrected chi connectivity index (χ1v) is 9.37. The first kappa shape index (κ1) is 16.8. The van der Waals surface area contributed by atoms with Crippen molar-refractivity contribution < 1.29 is 14.8 Å². The molecule has 4 aliphatic heterocycles. The van der Waals surface area contributed by atoms with Gasteiger partial charge in [-0.1, -0.05) is 74.5 Å². The van der Waals surface area contributed by atoms with Crippen LogP contribution in [0.15, 0.2) is 84.9 Å². The molecule has 0 saturated heterocycles. The Morgan fingerprint density at radius 2 is 1.39 bits per heavy atom. The molecule has 4 bridgehead atoms. The zero-order valence-electron chi connectivity index (χ0n) is 15.8. The summed E-state index contributed by atoms with van der Waals surface area (Å²) in [6.07, 6.45) is 0. The second-order valence-electron chi connectivity index (χ2n) is 7.62. The molecule has 3 nitrogen and oxygen atoms in total. The molecule has 3 heteroatoms. The van der Waals surface area contributed by atoms with Crippen LogP contribution in [0.1, 0.15) is 25.0 Å². The summed E-state index contributed by atoms with van der Waals surface area (Å²) in [6, 6.07) is 28.8. The first-order valence-electron chi connectivity index (χ1n) is 9.37. The summed E-state index contributed by atoms with van der Waals surface area (Å²) < 4.78 is 0. The third kappa shape index (κ3) is 2.72. The summed E-state index contributed by atoms with van der Waals surface area (Å²) in [7, 11) is 0. The molecule has 0 aromatic heterocycles. The van der Waals surface area contributed by atoms with Gasteiger partial charge in [-0.3, -0.25) is 9.78 Å². The molecule has 0 N–H and O–H groups in total. The number of hydrogen-bond donors (Lipinski definition) is 0. The molecular weight excluding hydrogens is 348 g/mol.